The van der Waals surface area contributed by atoms with Gasteiger partial charge in [-0.2, -0.15) is 0 Å². The number of ether oxygens (including phenoxy) is 5. The van der Waals surface area contributed by atoms with Crippen molar-refractivity contribution >= 4 is 11.6 Å². The SMILES string of the molecule is COCCOCCOCCOCCOc1cccc(NC(=O)Cc2cc3[nH]c2C(C)(C)c2ccc([nH]2)C(C)(C)c2ccc([nH]2)C(C)(C)c2ccc([nH]2)C3(C)C)c1. The monoisotopic (exact) mass is 767 g/mol. The minimum absolute atomic E-state index is 0.111. The van der Waals surface area contributed by atoms with Gasteiger partial charge < -0.3 is 48.9 Å². The van der Waals surface area contributed by atoms with Crippen LogP contribution < -0.4 is 10.1 Å². The van der Waals surface area contributed by atoms with Gasteiger partial charge in [0.25, 0.3) is 0 Å². The molecule has 0 radical (unpaired) electrons. The zero-order valence-electron chi connectivity index (χ0n) is 34.7. The fraction of sp³-hybridized carbons (Fsp3) is 0.489. The Kier molecular flexibility index (Phi) is 12.4. The van der Waals surface area contributed by atoms with Gasteiger partial charge >= 0.3 is 0 Å². The molecule has 5 N–H and O–H groups in total. The normalized spacial score (nSPS) is 16.4. The Hall–Kier alpha value is -4.55. The number of aromatic nitrogens is 4. The number of amides is 1. The van der Waals surface area contributed by atoms with Crippen molar-refractivity contribution in [1.29, 1.82) is 0 Å². The average molecular weight is 768 g/mol. The predicted molar refractivity (Wildman–Crippen MR) is 220 cm³/mol. The molecule has 8 bridgehead atoms. The van der Waals surface area contributed by atoms with E-state index in [-0.39, 0.29) is 23.2 Å². The molecule has 56 heavy (non-hydrogen) atoms. The van der Waals surface area contributed by atoms with Crippen molar-refractivity contribution in [3.63, 3.8) is 0 Å². The molecule has 11 nitrogen and oxygen atoms in total. The minimum atomic E-state index is -0.473. The molecule has 5 heterocycles. The highest BCUT2D eigenvalue weighted by atomic mass is 16.6. The fourth-order valence-corrected chi connectivity index (χ4v) is 7.42. The van der Waals surface area contributed by atoms with Crippen molar-refractivity contribution in [1.82, 2.24) is 19.9 Å². The summed E-state index contributed by atoms with van der Waals surface area (Å²) in [6, 6.07) is 22.8. The number of hydrogen-bond donors (Lipinski definition) is 5. The number of anilines is 1. The van der Waals surface area contributed by atoms with Gasteiger partial charge in [-0.05, 0) is 116 Å². The summed E-state index contributed by atoms with van der Waals surface area (Å²) in [4.78, 5) is 29.1. The number of carbonyl (C=O) groups excluding carboxylic acids is 1. The molecule has 0 atom stereocenters. The van der Waals surface area contributed by atoms with Crippen molar-refractivity contribution in [2.75, 3.05) is 65.3 Å². The van der Waals surface area contributed by atoms with Crippen LogP contribution >= 0.6 is 0 Å². The molecule has 302 valence electrons. The summed E-state index contributed by atoms with van der Waals surface area (Å²) < 4.78 is 27.4. The van der Waals surface area contributed by atoms with Crippen LogP contribution in [0.1, 0.15) is 107 Å². The van der Waals surface area contributed by atoms with Gasteiger partial charge in [0.05, 0.1) is 52.7 Å². The maximum absolute atomic E-state index is 13.8. The molecule has 11 heteroatoms. The van der Waals surface area contributed by atoms with E-state index in [1.54, 1.807) is 7.11 Å². The van der Waals surface area contributed by atoms with Gasteiger partial charge in [0, 0.05) is 86.1 Å². The highest BCUT2D eigenvalue weighted by Crippen LogP contribution is 2.42. The summed E-state index contributed by atoms with van der Waals surface area (Å²) in [7, 11) is 1.65. The number of aromatic amines is 4. The summed E-state index contributed by atoms with van der Waals surface area (Å²) >= 11 is 0. The lowest BCUT2D eigenvalue weighted by atomic mass is 9.83. The Morgan fingerprint density at radius 1 is 0.536 bits per heavy atom. The third kappa shape index (κ3) is 8.86. The van der Waals surface area contributed by atoms with Crippen LogP contribution in [-0.4, -0.2) is 85.8 Å². The standard InChI is InChI=1S/C45H61N5O6/c1-42(2)33-13-14-34(47-33)43(3,4)36-17-18-38(49-36)45(7,8)41-30(27-39(50-41)44(5,6)37-16-15-35(42)48-37)28-40(51)46-31-11-10-12-32(29-31)56-26-25-55-24-23-54-22-21-53-20-19-52-9/h10-18,27,29,47-50H,19-26,28H2,1-9H3,(H,46,51). The predicted octanol–water partition coefficient (Wildman–Crippen LogP) is 7.87. The third-order valence-electron chi connectivity index (χ3n) is 11.4. The molecule has 6 rings (SSSR count). The summed E-state index contributed by atoms with van der Waals surface area (Å²) in [5.41, 5.74) is 8.91. The Morgan fingerprint density at radius 3 is 1.48 bits per heavy atom. The molecule has 0 fully saturated rings. The quantitative estimate of drug-likeness (QED) is 0.0649. The summed E-state index contributed by atoms with van der Waals surface area (Å²) in [6.45, 7) is 21.8. The van der Waals surface area contributed by atoms with Crippen LogP contribution in [0.4, 0.5) is 5.69 Å². The minimum Gasteiger partial charge on any atom is -0.491 e. The highest BCUT2D eigenvalue weighted by molar-refractivity contribution is 5.92. The Morgan fingerprint density at radius 2 is 0.982 bits per heavy atom. The lowest BCUT2D eigenvalue weighted by Crippen LogP contribution is -2.27. The second-order valence-electron chi connectivity index (χ2n) is 16.9. The molecular formula is C45H61N5O6. The van der Waals surface area contributed by atoms with E-state index in [9.17, 15) is 4.79 Å². The van der Waals surface area contributed by atoms with Gasteiger partial charge in [-0.25, -0.2) is 0 Å². The van der Waals surface area contributed by atoms with E-state index in [0.29, 0.717) is 64.3 Å². The molecule has 0 unspecified atom stereocenters. The van der Waals surface area contributed by atoms with Crippen LogP contribution in [0.5, 0.6) is 5.75 Å². The molecule has 1 amide bonds. The number of nitrogens with one attached hydrogen (secondary N) is 5. The molecular weight excluding hydrogens is 707 g/mol. The van der Waals surface area contributed by atoms with Gasteiger partial charge in [0.15, 0.2) is 0 Å². The first-order valence-electron chi connectivity index (χ1n) is 19.7. The van der Waals surface area contributed by atoms with Gasteiger partial charge in [0.2, 0.25) is 5.91 Å². The van der Waals surface area contributed by atoms with Crippen molar-refractivity contribution < 1.29 is 28.5 Å². The van der Waals surface area contributed by atoms with Gasteiger partial charge in [-0.15, -0.1) is 0 Å². The largest absolute Gasteiger partial charge is 0.491 e. The van der Waals surface area contributed by atoms with Gasteiger partial charge in [-0.3, -0.25) is 4.79 Å². The highest BCUT2D eigenvalue weighted by Gasteiger charge is 2.38. The van der Waals surface area contributed by atoms with E-state index in [1.807, 2.05) is 24.3 Å². The van der Waals surface area contributed by atoms with Crippen molar-refractivity contribution in [2.45, 2.75) is 83.5 Å². The number of benzene rings is 1. The Bertz CT molecular complexity index is 2060. The Balaban J connectivity index is 1.17. The molecule has 0 saturated carbocycles. The number of methoxy groups -OCH3 is 1. The molecule has 1 aliphatic rings. The average Bonchev–Trinajstić information content (AvgIpc) is 3.98. The van der Waals surface area contributed by atoms with Crippen LogP contribution in [0.2, 0.25) is 0 Å². The number of fused-ring (bicyclic) bond motifs is 8. The maximum atomic E-state index is 13.8. The van der Waals surface area contributed by atoms with Crippen molar-refractivity contribution in [3.05, 3.63) is 118 Å². The second kappa shape index (κ2) is 16.9. The number of hydrogen-bond acceptors (Lipinski definition) is 6. The van der Waals surface area contributed by atoms with E-state index in [0.717, 1.165) is 51.1 Å². The van der Waals surface area contributed by atoms with Gasteiger partial charge in [-0.1, -0.05) is 6.07 Å². The molecule has 0 aliphatic carbocycles. The molecule has 0 saturated heterocycles. The van der Waals surface area contributed by atoms with Crippen LogP contribution in [0.25, 0.3) is 0 Å². The second-order valence-corrected chi connectivity index (χ2v) is 16.9. The molecule has 1 aliphatic heterocycles. The Labute approximate surface area is 331 Å². The lowest BCUT2D eigenvalue weighted by Gasteiger charge is -2.28. The summed E-state index contributed by atoms with van der Waals surface area (Å²) in [5, 5.41) is 3.12. The van der Waals surface area contributed by atoms with Gasteiger partial charge in [0.1, 0.15) is 12.4 Å². The first kappa shape index (κ1) is 41.1. The van der Waals surface area contributed by atoms with Crippen LogP contribution in [0, 0.1) is 0 Å². The molecule has 4 aromatic heterocycles. The number of carbonyl (C=O) groups is 1. The summed E-state index contributed by atoms with van der Waals surface area (Å²) in [6.07, 6.45) is 0.193. The van der Waals surface area contributed by atoms with E-state index < -0.39 is 10.8 Å². The summed E-state index contributed by atoms with van der Waals surface area (Å²) in [5.74, 6) is 0.544. The zero-order valence-corrected chi connectivity index (χ0v) is 34.7. The third-order valence-corrected chi connectivity index (χ3v) is 11.4. The number of rotatable bonds is 16. The van der Waals surface area contributed by atoms with Crippen molar-refractivity contribution in [2.24, 2.45) is 0 Å². The maximum Gasteiger partial charge on any atom is 0.228 e. The van der Waals surface area contributed by atoms with E-state index in [1.165, 1.54) is 0 Å². The smallest absolute Gasteiger partial charge is 0.228 e. The van der Waals surface area contributed by atoms with E-state index in [2.05, 4.69) is 123 Å². The topological polar surface area (TPSA) is 138 Å². The molecule has 1 aromatic carbocycles. The van der Waals surface area contributed by atoms with Crippen LogP contribution in [0.3, 0.4) is 0 Å². The zero-order chi connectivity index (χ0) is 40.1. The first-order chi connectivity index (χ1) is 26.6. The molecule has 5 aromatic rings. The number of H-pyrrole nitrogens is 4. The molecule has 0 spiro atoms. The fourth-order valence-electron chi connectivity index (χ4n) is 7.42. The van der Waals surface area contributed by atoms with Crippen LogP contribution in [-0.2, 0) is 51.8 Å². The first-order valence-corrected chi connectivity index (χ1v) is 19.7. The van der Waals surface area contributed by atoms with E-state index in [4.69, 9.17) is 23.7 Å². The van der Waals surface area contributed by atoms with Crippen molar-refractivity contribution in [3.8, 4) is 5.75 Å². The van der Waals surface area contributed by atoms with E-state index >= 15 is 0 Å². The van der Waals surface area contributed by atoms with Crippen LogP contribution in [0.15, 0.2) is 66.7 Å². The lowest BCUT2D eigenvalue weighted by molar-refractivity contribution is -0.115.